The van der Waals surface area contributed by atoms with Gasteiger partial charge in [0.1, 0.15) is 22.1 Å². The quantitative estimate of drug-likeness (QED) is 0.0305. The zero-order valence-corrected chi connectivity index (χ0v) is 58.7. The van der Waals surface area contributed by atoms with Crippen LogP contribution in [0.2, 0.25) is 0 Å². The zero-order chi connectivity index (χ0) is 69.4. The lowest BCUT2D eigenvalue weighted by atomic mass is 10.2. The number of aliphatic imine (C=N–C) groups is 2. The van der Waals surface area contributed by atoms with Gasteiger partial charge in [0.25, 0.3) is 0 Å². The fourth-order valence-corrected chi connectivity index (χ4v) is 10.1. The molecule has 0 saturated heterocycles. The summed E-state index contributed by atoms with van der Waals surface area (Å²) in [7, 11) is 0. The number of hydrogen-bond acceptors (Lipinski definition) is 19. The smallest absolute Gasteiger partial charge is 0.113 e. The van der Waals surface area contributed by atoms with Gasteiger partial charge in [-0.2, -0.15) is 0 Å². The molecule has 0 fully saturated rings. The van der Waals surface area contributed by atoms with Crippen LogP contribution in [0.1, 0.15) is 118 Å². The number of fused-ring (bicyclic) bond motifs is 6. The Bertz CT molecular complexity index is 3380. The molecule has 0 amide bonds. The van der Waals surface area contributed by atoms with E-state index in [0.717, 1.165) is 153 Å². The molecule has 0 bridgehead atoms. The molecular formula is C73H110N18O5. The highest BCUT2D eigenvalue weighted by atomic mass is 16.3. The Hall–Kier alpha value is -8.10. The van der Waals surface area contributed by atoms with E-state index < -0.39 is 0 Å². The molecule has 23 nitrogen and oxygen atoms in total. The van der Waals surface area contributed by atoms with Crippen LogP contribution >= 0.6 is 0 Å². The Balaban J connectivity index is 0.000000245. The van der Waals surface area contributed by atoms with Crippen molar-refractivity contribution in [2.24, 2.45) is 9.98 Å². The summed E-state index contributed by atoms with van der Waals surface area (Å²) in [6, 6.07) is 48.1. The zero-order valence-electron chi connectivity index (χ0n) is 58.7. The van der Waals surface area contributed by atoms with E-state index >= 15 is 0 Å². The van der Waals surface area contributed by atoms with Crippen LogP contribution in [0.15, 0.2) is 156 Å². The normalized spacial score (nSPS) is 11.4. The monoisotopic (exact) mass is 1320 g/mol. The molecule has 6 aromatic carbocycles. The van der Waals surface area contributed by atoms with E-state index in [1.807, 2.05) is 206 Å². The van der Waals surface area contributed by atoms with Crippen molar-refractivity contribution in [3.8, 4) is 0 Å². The Morgan fingerprint density at radius 2 is 0.583 bits per heavy atom. The summed E-state index contributed by atoms with van der Waals surface area (Å²) < 4.78 is 7.54. The summed E-state index contributed by atoms with van der Waals surface area (Å²) >= 11 is 0. The summed E-state index contributed by atoms with van der Waals surface area (Å²) in [6.45, 7) is 28.8. The van der Waals surface area contributed by atoms with Gasteiger partial charge in [0.2, 0.25) is 0 Å². The summed E-state index contributed by atoms with van der Waals surface area (Å²) in [5.74, 6) is 0. The Kier molecular flexibility index (Phi) is 41.4. The summed E-state index contributed by atoms with van der Waals surface area (Å²) in [5.41, 5.74) is 12.7. The number of aliphatic hydroxyl groups excluding tert-OH is 5. The van der Waals surface area contributed by atoms with Crippen molar-refractivity contribution >= 4 is 67.9 Å². The SMILES string of the molecule is C1=Nc2ccccc2C1.C1=Nc2ccccc2C1.CC.CC.CC.CCCCN(CCCO)Cn1nnc2ccccc21.CCCN(CCO)Cn1nnc2ccccc21.CCCN(CCO)Cn1nnc2ccccc21.OCCCN(CCCO)Cn1nnc2ccccc21. The maximum atomic E-state index is 9.02. The molecule has 0 radical (unpaired) electrons. The van der Waals surface area contributed by atoms with Crippen molar-refractivity contribution in [2.45, 2.75) is 147 Å². The number of para-hydroxylation sites is 6. The number of benzene rings is 6. The fourth-order valence-electron chi connectivity index (χ4n) is 10.1. The summed E-state index contributed by atoms with van der Waals surface area (Å²) in [4.78, 5) is 17.2. The van der Waals surface area contributed by atoms with Crippen LogP contribution in [0.4, 0.5) is 11.4 Å². The molecule has 10 aromatic rings. The first kappa shape index (κ1) is 80.3. The maximum absolute atomic E-state index is 9.02. The van der Waals surface area contributed by atoms with Gasteiger partial charge in [-0.15, -0.1) is 20.4 Å². The molecule has 2 aliphatic heterocycles. The van der Waals surface area contributed by atoms with Crippen LogP contribution in [-0.2, 0) is 39.5 Å². The number of unbranched alkanes of at least 4 members (excludes halogenated alkanes) is 1. The molecule has 96 heavy (non-hydrogen) atoms. The van der Waals surface area contributed by atoms with Gasteiger partial charge in [-0.1, -0.05) is 175 Å². The van der Waals surface area contributed by atoms with Crippen LogP contribution in [0.5, 0.6) is 0 Å². The predicted octanol–water partition coefficient (Wildman–Crippen LogP) is 11.5. The van der Waals surface area contributed by atoms with E-state index in [4.69, 9.17) is 25.5 Å². The van der Waals surface area contributed by atoms with Crippen LogP contribution in [-0.4, -0.2) is 203 Å². The molecule has 4 aromatic heterocycles. The van der Waals surface area contributed by atoms with Crippen LogP contribution in [0.3, 0.4) is 0 Å². The van der Waals surface area contributed by atoms with E-state index in [2.05, 4.69) is 104 Å². The first-order valence-electron chi connectivity index (χ1n) is 34.6. The van der Waals surface area contributed by atoms with E-state index in [9.17, 15) is 0 Å². The van der Waals surface area contributed by atoms with E-state index in [1.54, 1.807) is 0 Å². The molecule has 5 N–H and O–H groups in total. The van der Waals surface area contributed by atoms with Gasteiger partial charge in [0.15, 0.2) is 0 Å². The van der Waals surface area contributed by atoms with Crippen LogP contribution < -0.4 is 0 Å². The molecule has 522 valence electrons. The Morgan fingerprint density at radius 3 is 0.854 bits per heavy atom. The summed E-state index contributed by atoms with van der Waals surface area (Å²) in [5, 5.41) is 78.0. The van der Waals surface area contributed by atoms with Gasteiger partial charge < -0.3 is 25.5 Å². The third-order valence-electron chi connectivity index (χ3n) is 14.7. The molecular weight excluding hydrogens is 1210 g/mol. The standard InChI is InChI=1S/C14H22N4O.C13H20N4O2.2C12H18N4O.2C8H7N.3C2H6/c1-2-3-9-17(10-6-11-19)12-18-14-8-5-4-7-13(14)15-16-18;18-9-3-7-16(8-4-10-19)11-17-13-6-2-1-5-12(13)14-15-17;2*1-2-7-15(8-9-17)10-16-12-6-4-3-5-11(12)13-14-16;2*1-2-4-8-7(3-1)5-6-9-8;3*1-2/h4-5,7-8,19H,2-3,6,9-12H2,1H3;1-2,5-6,18-19H,3-4,7-11H2;2*3-6,17H,2,7-10H2,1H3;2*1-4,6H,5H2;3*1-2H3. The van der Waals surface area contributed by atoms with Gasteiger partial charge in [0.05, 0.1) is 73.3 Å². The number of aromatic nitrogens is 12. The van der Waals surface area contributed by atoms with E-state index in [1.165, 1.54) is 17.5 Å². The van der Waals surface area contributed by atoms with Crippen molar-refractivity contribution in [3.63, 3.8) is 0 Å². The largest absolute Gasteiger partial charge is 0.396 e. The molecule has 0 atom stereocenters. The molecule has 6 heterocycles. The number of nitrogens with zero attached hydrogens (tertiary/aromatic N) is 18. The lowest BCUT2D eigenvalue weighted by Crippen LogP contribution is -2.30. The van der Waals surface area contributed by atoms with Crippen molar-refractivity contribution < 1.29 is 25.5 Å². The highest BCUT2D eigenvalue weighted by Gasteiger charge is 2.13. The number of hydrogen-bond donors (Lipinski definition) is 5. The second-order valence-electron chi connectivity index (χ2n) is 21.7. The highest BCUT2D eigenvalue weighted by molar-refractivity contribution is 5.77. The van der Waals surface area contributed by atoms with Crippen molar-refractivity contribution in [1.82, 2.24) is 79.6 Å². The second kappa shape index (κ2) is 49.4. The summed E-state index contributed by atoms with van der Waals surface area (Å²) in [6.07, 6.45) is 12.6. The molecule has 0 unspecified atom stereocenters. The number of aliphatic hydroxyl groups is 5. The maximum Gasteiger partial charge on any atom is 0.113 e. The van der Waals surface area contributed by atoms with Gasteiger partial charge in [0, 0.05) is 77.8 Å². The Labute approximate surface area is 569 Å². The molecule has 12 rings (SSSR count). The van der Waals surface area contributed by atoms with E-state index in [-0.39, 0.29) is 33.0 Å². The van der Waals surface area contributed by atoms with Gasteiger partial charge >= 0.3 is 0 Å². The van der Waals surface area contributed by atoms with Crippen LogP contribution in [0.25, 0.3) is 44.1 Å². The third-order valence-corrected chi connectivity index (χ3v) is 14.7. The topological polar surface area (TPSA) is 262 Å². The minimum atomic E-state index is 0.173. The first-order valence-corrected chi connectivity index (χ1v) is 34.6. The minimum Gasteiger partial charge on any atom is -0.396 e. The average Bonchev–Trinajstić information content (AvgIpc) is 1.79. The molecule has 0 saturated carbocycles. The first-order chi connectivity index (χ1) is 47.3. The van der Waals surface area contributed by atoms with Gasteiger partial charge in [-0.25, -0.2) is 18.7 Å². The van der Waals surface area contributed by atoms with Gasteiger partial charge in [-0.3, -0.25) is 29.6 Å². The molecule has 0 spiro atoms. The highest BCUT2D eigenvalue weighted by Crippen LogP contribution is 2.23. The molecule has 0 aliphatic carbocycles. The molecule has 23 heteroatoms. The van der Waals surface area contributed by atoms with Crippen LogP contribution in [0, 0.1) is 0 Å². The fraction of sp³-hybridized carbons (Fsp3) is 0.479. The van der Waals surface area contributed by atoms with Gasteiger partial charge in [-0.05, 0) is 130 Å². The average molecular weight is 1320 g/mol. The minimum absolute atomic E-state index is 0.173. The number of rotatable bonds is 28. The second-order valence-corrected chi connectivity index (χ2v) is 21.7. The lowest BCUT2D eigenvalue weighted by Gasteiger charge is -2.21. The third kappa shape index (κ3) is 27.6. The Morgan fingerprint density at radius 1 is 0.312 bits per heavy atom. The predicted molar refractivity (Wildman–Crippen MR) is 392 cm³/mol. The van der Waals surface area contributed by atoms with Crippen molar-refractivity contribution in [2.75, 3.05) is 85.4 Å². The lowest BCUT2D eigenvalue weighted by molar-refractivity contribution is 0.159. The molecule has 2 aliphatic rings. The van der Waals surface area contributed by atoms with Crippen molar-refractivity contribution in [3.05, 3.63) is 157 Å². The van der Waals surface area contributed by atoms with E-state index in [0.29, 0.717) is 33.1 Å². The van der Waals surface area contributed by atoms with Crippen molar-refractivity contribution in [1.29, 1.82) is 0 Å².